The van der Waals surface area contributed by atoms with Crippen molar-refractivity contribution in [2.24, 2.45) is 0 Å². The van der Waals surface area contributed by atoms with Gasteiger partial charge in [0.25, 0.3) is 0 Å². The van der Waals surface area contributed by atoms with Gasteiger partial charge in [0.05, 0.1) is 5.57 Å². The van der Waals surface area contributed by atoms with Crippen LogP contribution in [-0.4, -0.2) is 17.5 Å². The van der Waals surface area contributed by atoms with E-state index in [1.165, 1.54) is 0 Å². The van der Waals surface area contributed by atoms with Crippen LogP contribution < -0.4 is 5.32 Å². The first-order valence-electron chi connectivity index (χ1n) is 6.01. The Balaban J connectivity index is 2.34. The number of carbonyl (C=O) groups is 2. The van der Waals surface area contributed by atoms with Crippen molar-refractivity contribution in [3.63, 3.8) is 0 Å². The number of aliphatic carboxylic acids is 1. The minimum atomic E-state index is -0.980. The van der Waals surface area contributed by atoms with Gasteiger partial charge in [0.2, 0.25) is 6.41 Å². The van der Waals surface area contributed by atoms with Crippen LogP contribution in [0.3, 0.4) is 0 Å². The standard InChI is InChI=1S/C16H13NO3/c18-11-17-14-8-6-12(7-9-14)10-15(16(19)20)13-4-2-1-3-5-13/h1-11H,(H,17,18)(H,19,20). The maximum atomic E-state index is 11.3. The summed E-state index contributed by atoms with van der Waals surface area (Å²) in [6.45, 7) is 0. The third-order valence-electron chi connectivity index (χ3n) is 2.76. The van der Waals surface area contributed by atoms with Gasteiger partial charge in [-0.2, -0.15) is 0 Å². The number of rotatable bonds is 5. The lowest BCUT2D eigenvalue weighted by molar-refractivity contribution is -0.130. The highest BCUT2D eigenvalue weighted by Crippen LogP contribution is 2.19. The topological polar surface area (TPSA) is 66.4 Å². The lowest BCUT2D eigenvalue weighted by atomic mass is 10.0. The van der Waals surface area contributed by atoms with Crippen LogP contribution in [0.4, 0.5) is 5.69 Å². The normalized spacial score (nSPS) is 10.9. The van der Waals surface area contributed by atoms with Crippen molar-refractivity contribution in [1.29, 1.82) is 0 Å². The van der Waals surface area contributed by atoms with Crippen molar-refractivity contribution >= 4 is 29.7 Å². The number of carboxylic acids is 1. The predicted molar refractivity (Wildman–Crippen MR) is 78.1 cm³/mol. The summed E-state index contributed by atoms with van der Waals surface area (Å²) in [5, 5.41) is 11.8. The Hall–Kier alpha value is -2.88. The summed E-state index contributed by atoms with van der Waals surface area (Å²) >= 11 is 0. The highest BCUT2D eigenvalue weighted by atomic mass is 16.4. The number of hydrogen-bond acceptors (Lipinski definition) is 2. The van der Waals surface area contributed by atoms with E-state index in [-0.39, 0.29) is 5.57 Å². The Labute approximate surface area is 116 Å². The minimum absolute atomic E-state index is 0.224. The number of anilines is 1. The Morgan fingerprint density at radius 1 is 1.00 bits per heavy atom. The first-order valence-corrected chi connectivity index (χ1v) is 6.01. The second kappa shape index (κ2) is 6.33. The number of amides is 1. The molecule has 20 heavy (non-hydrogen) atoms. The molecule has 4 heteroatoms. The molecule has 0 radical (unpaired) electrons. The fourth-order valence-corrected chi connectivity index (χ4v) is 1.80. The molecule has 4 nitrogen and oxygen atoms in total. The van der Waals surface area contributed by atoms with Gasteiger partial charge < -0.3 is 10.4 Å². The SMILES string of the molecule is O=CNc1ccc(C=C(C(=O)O)c2ccccc2)cc1. The van der Waals surface area contributed by atoms with Crippen LogP contribution in [0.1, 0.15) is 11.1 Å². The van der Waals surface area contributed by atoms with Gasteiger partial charge in [-0.25, -0.2) is 4.79 Å². The summed E-state index contributed by atoms with van der Waals surface area (Å²) in [7, 11) is 0. The predicted octanol–water partition coefficient (Wildman–Crippen LogP) is 2.88. The molecule has 0 spiro atoms. The molecule has 0 atom stereocenters. The summed E-state index contributed by atoms with van der Waals surface area (Å²) in [6.07, 6.45) is 2.19. The van der Waals surface area contributed by atoms with E-state index in [1.54, 1.807) is 54.6 Å². The maximum Gasteiger partial charge on any atom is 0.336 e. The average Bonchev–Trinajstić information content (AvgIpc) is 2.47. The molecule has 0 saturated heterocycles. The van der Waals surface area contributed by atoms with E-state index in [2.05, 4.69) is 5.32 Å². The number of nitrogens with one attached hydrogen (secondary N) is 1. The van der Waals surface area contributed by atoms with Crippen LogP contribution in [0.5, 0.6) is 0 Å². The zero-order chi connectivity index (χ0) is 14.4. The van der Waals surface area contributed by atoms with Crippen molar-refractivity contribution in [3.8, 4) is 0 Å². The molecule has 0 aliphatic heterocycles. The van der Waals surface area contributed by atoms with Gasteiger partial charge in [-0.3, -0.25) is 4.79 Å². The zero-order valence-electron chi connectivity index (χ0n) is 10.6. The molecule has 2 aromatic carbocycles. The summed E-state index contributed by atoms with van der Waals surface area (Å²) in [5.74, 6) is -0.980. The Morgan fingerprint density at radius 2 is 1.65 bits per heavy atom. The van der Waals surface area contributed by atoms with Gasteiger partial charge in [0, 0.05) is 5.69 Å². The van der Waals surface area contributed by atoms with Gasteiger partial charge >= 0.3 is 5.97 Å². The molecule has 2 aromatic rings. The highest BCUT2D eigenvalue weighted by molar-refractivity contribution is 6.20. The molecule has 0 bridgehead atoms. The third kappa shape index (κ3) is 3.32. The molecule has 100 valence electrons. The lowest BCUT2D eigenvalue weighted by Crippen LogP contribution is -1.99. The molecular formula is C16H13NO3. The van der Waals surface area contributed by atoms with E-state index in [1.807, 2.05) is 6.07 Å². The van der Waals surface area contributed by atoms with Crippen molar-refractivity contribution in [2.75, 3.05) is 5.32 Å². The molecule has 0 fully saturated rings. The summed E-state index contributed by atoms with van der Waals surface area (Å²) < 4.78 is 0. The second-order valence-electron chi connectivity index (χ2n) is 4.11. The first-order chi connectivity index (χ1) is 9.70. The number of benzene rings is 2. The first kappa shape index (κ1) is 13.5. The van der Waals surface area contributed by atoms with Gasteiger partial charge in [-0.1, -0.05) is 42.5 Å². The average molecular weight is 267 g/mol. The maximum absolute atomic E-state index is 11.3. The van der Waals surface area contributed by atoms with Gasteiger partial charge in [0.15, 0.2) is 0 Å². The quantitative estimate of drug-likeness (QED) is 0.497. The number of hydrogen-bond donors (Lipinski definition) is 2. The zero-order valence-corrected chi connectivity index (χ0v) is 10.6. The number of carbonyl (C=O) groups excluding carboxylic acids is 1. The van der Waals surface area contributed by atoms with Crippen LogP contribution in [0.15, 0.2) is 54.6 Å². The molecule has 1 amide bonds. The third-order valence-corrected chi connectivity index (χ3v) is 2.76. The smallest absolute Gasteiger partial charge is 0.336 e. The van der Waals surface area contributed by atoms with Crippen LogP contribution in [0, 0.1) is 0 Å². The minimum Gasteiger partial charge on any atom is -0.478 e. The Morgan fingerprint density at radius 3 is 2.20 bits per heavy atom. The van der Waals surface area contributed by atoms with E-state index >= 15 is 0 Å². The van der Waals surface area contributed by atoms with Crippen LogP contribution in [0.25, 0.3) is 11.6 Å². The van der Waals surface area contributed by atoms with Gasteiger partial charge in [0.1, 0.15) is 0 Å². The summed E-state index contributed by atoms with van der Waals surface area (Å²) in [6, 6.07) is 15.9. The van der Waals surface area contributed by atoms with Gasteiger partial charge in [-0.15, -0.1) is 0 Å². The lowest BCUT2D eigenvalue weighted by Gasteiger charge is -2.04. The van der Waals surface area contributed by atoms with E-state index < -0.39 is 5.97 Å². The van der Waals surface area contributed by atoms with Crippen molar-refractivity contribution in [1.82, 2.24) is 0 Å². The molecule has 0 unspecified atom stereocenters. The monoisotopic (exact) mass is 267 g/mol. The van der Waals surface area contributed by atoms with E-state index in [0.717, 1.165) is 5.56 Å². The Bertz CT molecular complexity index is 631. The largest absolute Gasteiger partial charge is 0.478 e. The van der Waals surface area contributed by atoms with Gasteiger partial charge in [-0.05, 0) is 29.3 Å². The van der Waals surface area contributed by atoms with E-state index in [9.17, 15) is 14.7 Å². The molecule has 0 aromatic heterocycles. The van der Waals surface area contributed by atoms with Crippen LogP contribution in [0.2, 0.25) is 0 Å². The molecule has 2 N–H and O–H groups in total. The summed E-state index contributed by atoms with van der Waals surface area (Å²) in [4.78, 5) is 21.7. The fraction of sp³-hybridized carbons (Fsp3) is 0. The van der Waals surface area contributed by atoms with E-state index in [0.29, 0.717) is 17.7 Å². The molecule has 2 rings (SSSR count). The molecule has 0 saturated carbocycles. The fourth-order valence-electron chi connectivity index (χ4n) is 1.80. The summed E-state index contributed by atoms with van der Waals surface area (Å²) in [5.41, 5.74) is 2.29. The van der Waals surface area contributed by atoms with E-state index in [4.69, 9.17) is 0 Å². The van der Waals surface area contributed by atoms with Crippen molar-refractivity contribution in [3.05, 3.63) is 65.7 Å². The van der Waals surface area contributed by atoms with Crippen molar-refractivity contribution in [2.45, 2.75) is 0 Å². The highest BCUT2D eigenvalue weighted by Gasteiger charge is 2.09. The van der Waals surface area contributed by atoms with Crippen LogP contribution in [-0.2, 0) is 9.59 Å². The number of carboxylic acid groups (broad SMARTS) is 1. The second-order valence-corrected chi connectivity index (χ2v) is 4.11. The molecule has 0 aliphatic rings. The molecule has 0 heterocycles. The van der Waals surface area contributed by atoms with Crippen molar-refractivity contribution < 1.29 is 14.7 Å². The van der Waals surface area contributed by atoms with Crippen LogP contribution >= 0.6 is 0 Å². The Kier molecular flexibility index (Phi) is 4.29. The molecule has 0 aliphatic carbocycles. The molecular weight excluding hydrogens is 254 g/mol.